The van der Waals surface area contributed by atoms with Crippen molar-refractivity contribution in [1.29, 1.82) is 0 Å². The molecule has 0 spiro atoms. The Morgan fingerprint density at radius 3 is 2.92 bits per heavy atom. The van der Waals surface area contributed by atoms with Crippen LogP contribution in [0, 0.1) is 0 Å². The fourth-order valence-electron chi connectivity index (χ4n) is 1.95. The summed E-state index contributed by atoms with van der Waals surface area (Å²) in [5.74, 6) is -0.923. The van der Waals surface area contributed by atoms with Crippen molar-refractivity contribution < 1.29 is 31.1 Å². The Bertz CT molecular complexity index is 692. The number of aromatic nitrogens is 2. The van der Waals surface area contributed by atoms with Gasteiger partial charge in [-0.05, 0) is 6.07 Å². The summed E-state index contributed by atoms with van der Waals surface area (Å²) in [6.07, 6.45) is -6.07. The number of aliphatic hydroxyl groups is 2. The molecule has 6 N–H and O–H groups in total. The van der Waals surface area contributed by atoms with Crippen LogP contribution in [0.3, 0.4) is 0 Å². The van der Waals surface area contributed by atoms with E-state index in [1.807, 2.05) is 0 Å². The van der Waals surface area contributed by atoms with E-state index in [2.05, 4.69) is 17.6 Å². The second-order valence-electron chi connectivity index (χ2n) is 4.93. The van der Waals surface area contributed by atoms with Crippen molar-refractivity contribution in [2.24, 2.45) is 5.73 Å². The van der Waals surface area contributed by atoms with Crippen LogP contribution >= 0.6 is 12.6 Å². The monoisotopic (exact) mass is 363 g/mol. The zero-order valence-corrected chi connectivity index (χ0v) is 13.2. The Labute approximate surface area is 142 Å². The van der Waals surface area contributed by atoms with Crippen molar-refractivity contribution in [3.05, 3.63) is 22.7 Å². The van der Waals surface area contributed by atoms with Crippen molar-refractivity contribution in [2.75, 3.05) is 17.8 Å². The van der Waals surface area contributed by atoms with Crippen LogP contribution in [0.15, 0.2) is 17.1 Å². The Morgan fingerprint density at radius 1 is 1.62 bits per heavy atom. The average Bonchev–Trinajstić information content (AvgIpc) is 2.83. The number of ether oxygens (including phenoxy) is 2. The van der Waals surface area contributed by atoms with Gasteiger partial charge in [-0.25, -0.2) is 4.79 Å². The number of esters is 1. The molecule has 1 aliphatic rings. The molecule has 2 rings (SSSR count). The minimum atomic E-state index is -2.40. The molecule has 2 heterocycles. The van der Waals surface area contributed by atoms with Crippen LogP contribution in [0.25, 0.3) is 0 Å². The molecule has 1 aromatic rings. The number of thiol groups is 1. The van der Waals surface area contributed by atoms with Gasteiger partial charge in [0.15, 0.2) is 12.0 Å². The van der Waals surface area contributed by atoms with Crippen molar-refractivity contribution in [2.45, 2.75) is 30.6 Å². The third-order valence-electron chi connectivity index (χ3n) is 3.27. The number of carbonyl (C=O) groups excluding carboxylic acids is 1. The van der Waals surface area contributed by atoms with Gasteiger partial charge in [0.2, 0.25) is 0 Å². The van der Waals surface area contributed by atoms with Gasteiger partial charge in [0.25, 0.3) is 0 Å². The number of nitrogens with zero attached hydrogens (tertiary/aromatic N) is 2. The van der Waals surface area contributed by atoms with Gasteiger partial charge in [-0.2, -0.15) is 17.6 Å². The number of nitrogens with two attached hydrogens (primary N) is 1. The second-order valence-corrected chi connectivity index (χ2v) is 5.29. The zero-order valence-electron chi connectivity index (χ0n) is 13.3. The van der Waals surface area contributed by atoms with Crippen molar-refractivity contribution in [1.82, 2.24) is 9.55 Å². The fraction of sp³-hybridized carbons (Fsp3) is 0.583. The van der Waals surface area contributed by atoms with Crippen LogP contribution in [0.2, 0.25) is 0 Å². The number of hydrogen-bond donors (Lipinski definition) is 6. The maximum Gasteiger partial charge on any atom is 0.351 e. The predicted molar refractivity (Wildman–Crippen MR) is 82.6 cm³/mol. The summed E-state index contributed by atoms with van der Waals surface area (Å²) in [5, 5.41) is 28.9. The molecule has 134 valence electrons. The highest BCUT2D eigenvalue weighted by molar-refractivity contribution is 7.80. The number of hydrogen-bond acceptors (Lipinski definition) is 11. The molecule has 12 heteroatoms. The molecule has 0 aliphatic carbocycles. The van der Waals surface area contributed by atoms with Gasteiger partial charge < -0.3 is 25.4 Å². The van der Waals surface area contributed by atoms with Crippen molar-refractivity contribution in [3.63, 3.8) is 0 Å². The van der Waals surface area contributed by atoms with Crippen LogP contribution in [0.4, 0.5) is 5.82 Å². The molecule has 1 aromatic heterocycles. The Hall–Kier alpha value is -1.70. The maximum absolute atomic E-state index is 11.9. The standard InChI is InChI=1S/C12H18N4O7S/c13-5(4-24)11(19)22-3-6-8(17)9(18)10(23-6)16-2-1-7(15-21)14-12(16)20/h1-2,5-6,8-10,17-18,21,24H,3-4,13H2,(H,14,15,20)/t5-,6+,8+,9+,10+/m0/s1/i10D. The Morgan fingerprint density at radius 2 is 2.33 bits per heavy atom. The highest BCUT2D eigenvalue weighted by Crippen LogP contribution is 2.28. The van der Waals surface area contributed by atoms with Gasteiger partial charge in [0.1, 0.15) is 31.0 Å². The number of aliphatic hydroxyl groups excluding tert-OH is 2. The van der Waals surface area contributed by atoms with E-state index in [0.29, 0.717) is 4.57 Å². The van der Waals surface area contributed by atoms with Gasteiger partial charge in [-0.1, -0.05) is 0 Å². The topological polar surface area (TPSA) is 169 Å². The van der Waals surface area contributed by atoms with Gasteiger partial charge in [0, 0.05) is 11.9 Å². The van der Waals surface area contributed by atoms with Crippen LogP contribution in [-0.4, -0.2) is 67.7 Å². The molecule has 0 saturated carbocycles. The van der Waals surface area contributed by atoms with Gasteiger partial charge in [-0.3, -0.25) is 20.0 Å². The van der Waals surface area contributed by atoms with E-state index < -0.39 is 48.8 Å². The molecule has 11 nitrogen and oxygen atoms in total. The van der Waals surface area contributed by atoms with E-state index >= 15 is 0 Å². The normalized spacial score (nSPS) is 31.4. The molecule has 1 saturated heterocycles. The Balaban J connectivity index is 2.18. The highest BCUT2D eigenvalue weighted by Gasteiger charge is 2.44. The summed E-state index contributed by atoms with van der Waals surface area (Å²) in [6.45, 7) is -0.488. The quantitative estimate of drug-likeness (QED) is 0.180. The molecular weight excluding hydrogens is 344 g/mol. The lowest BCUT2D eigenvalue weighted by Gasteiger charge is -2.17. The first-order chi connectivity index (χ1) is 11.7. The lowest BCUT2D eigenvalue weighted by atomic mass is 10.1. The molecule has 0 aromatic carbocycles. The molecule has 0 unspecified atom stereocenters. The van der Waals surface area contributed by atoms with Crippen molar-refractivity contribution >= 4 is 24.4 Å². The van der Waals surface area contributed by atoms with Crippen LogP contribution in [-0.2, 0) is 14.3 Å². The van der Waals surface area contributed by atoms with Crippen LogP contribution in [0.5, 0.6) is 0 Å². The summed E-state index contributed by atoms with van der Waals surface area (Å²) in [4.78, 5) is 26.9. The average molecular weight is 363 g/mol. The maximum atomic E-state index is 11.9. The molecule has 1 aliphatic heterocycles. The number of carbonyl (C=O) groups is 1. The van der Waals surface area contributed by atoms with Gasteiger partial charge >= 0.3 is 11.7 Å². The van der Waals surface area contributed by atoms with Gasteiger partial charge in [0.05, 0.1) is 1.37 Å². The predicted octanol–water partition coefficient (Wildman–Crippen LogP) is -2.54. The third kappa shape index (κ3) is 3.85. The molecule has 0 radical (unpaired) electrons. The molecule has 24 heavy (non-hydrogen) atoms. The zero-order chi connectivity index (χ0) is 18.8. The van der Waals surface area contributed by atoms with E-state index in [0.717, 1.165) is 12.3 Å². The molecular formula is C12H18N4O7S. The Kier molecular flexibility index (Phi) is 5.65. The van der Waals surface area contributed by atoms with Crippen LogP contribution in [0.1, 0.15) is 7.57 Å². The minimum Gasteiger partial charge on any atom is -0.462 e. The smallest absolute Gasteiger partial charge is 0.351 e. The lowest BCUT2D eigenvalue weighted by molar-refractivity contribution is -0.151. The largest absolute Gasteiger partial charge is 0.462 e. The van der Waals surface area contributed by atoms with E-state index in [1.54, 1.807) is 5.48 Å². The molecule has 0 bridgehead atoms. The van der Waals surface area contributed by atoms with E-state index in [9.17, 15) is 19.8 Å². The SMILES string of the molecule is [2H][C@@]1(n2ccc(NO)nc2=O)O[C@H](COC(=O)[C@@H](N)CS)[C@@H](O)[C@H]1O. The summed E-state index contributed by atoms with van der Waals surface area (Å²) in [7, 11) is 0. The van der Waals surface area contributed by atoms with Crippen molar-refractivity contribution in [3.8, 4) is 0 Å². The van der Waals surface area contributed by atoms with Crippen LogP contribution < -0.4 is 16.9 Å². The molecule has 1 fully saturated rings. The molecule has 0 amide bonds. The van der Waals surface area contributed by atoms with E-state index in [4.69, 9.17) is 21.8 Å². The highest BCUT2D eigenvalue weighted by atomic mass is 32.1. The summed E-state index contributed by atoms with van der Waals surface area (Å²) in [6, 6.07) is 0.178. The first kappa shape index (κ1) is 17.1. The minimum absolute atomic E-state index is 0.0459. The summed E-state index contributed by atoms with van der Waals surface area (Å²) >= 11 is 3.85. The first-order valence-electron chi connectivity index (χ1n) is 7.32. The second kappa shape index (κ2) is 7.92. The summed E-state index contributed by atoms with van der Waals surface area (Å²) in [5.41, 5.74) is 6.08. The third-order valence-corrected chi connectivity index (χ3v) is 3.67. The van der Waals surface area contributed by atoms with E-state index in [-0.39, 0.29) is 11.6 Å². The number of anilines is 1. The lowest BCUT2D eigenvalue weighted by Crippen LogP contribution is -2.39. The first-order valence-corrected chi connectivity index (χ1v) is 7.45. The fourth-order valence-corrected chi connectivity index (χ4v) is 2.10. The number of rotatable bonds is 6. The number of nitrogens with one attached hydrogen (secondary N) is 1. The summed E-state index contributed by atoms with van der Waals surface area (Å²) < 4.78 is 18.9. The van der Waals surface area contributed by atoms with E-state index in [1.165, 1.54) is 0 Å². The molecule has 5 atom stereocenters. The van der Waals surface area contributed by atoms with Gasteiger partial charge in [-0.15, -0.1) is 0 Å².